The quantitative estimate of drug-likeness (QED) is 0.636. The van der Waals surface area contributed by atoms with Gasteiger partial charge in [0, 0.05) is 10.8 Å². The van der Waals surface area contributed by atoms with E-state index >= 15 is 0 Å². The van der Waals surface area contributed by atoms with E-state index in [1.165, 1.54) is 24.0 Å². The van der Waals surface area contributed by atoms with Crippen LogP contribution in [0.1, 0.15) is 58.0 Å². The van der Waals surface area contributed by atoms with E-state index in [-0.39, 0.29) is 23.7 Å². The van der Waals surface area contributed by atoms with Crippen molar-refractivity contribution in [1.29, 1.82) is 0 Å². The molecule has 5 heteroatoms. The summed E-state index contributed by atoms with van der Waals surface area (Å²) in [5.41, 5.74) is 2.88. The molecule has 2 aliphatic rings. The van der Waals surface area contributed by atoms with Crippen LogP contribution >= 0.6 is 11.3 Å². The van der Waals surface area contributed by atoms with Gasteiger partial charge in [-0.2, -0.15) is 0 Å². The summed E-state index contributed by atoms with van der Waals surface area (Å²) in [4.78, 5) is 26.3. The third kappa shape index (κ3) is 3.28. The molecule has 0 radical (unpaired) electrons. The fourth-order valence-corrected chi connectivity index (χ4v) is 5.19. The van der Waals surface area contributed by atoms with Crippen LogP contribution in [0.2, 0.25) is 0 Å². The van der Waals surface area contributed by atoms with Crippen LogP contribution in [0.15, 0.2) is 30.3 Å². The Morgan fingerprint density at radius 3 is 2.65 bits per heavy atom. The second kappa shape index (κ2) is 7.23. The molecule has 2 atom stereocenters. The zero-order valence-corrected chi connectivity index (χ0v) is 15.7. The molecule has 4 nitrogen and oxygen atoms in total. The number of nitrogens with one attached hydrogen (secondary N) is 1. The second-order valence-corrected chi connectivity index (χ2v) is 8.21. The SMILES string of the molecule is COC(=O)c1c(NC(=O)[C@@H]2C[C@@H]2c2ccccc2)sc2c1CCCCC2. The van der Waals surface area contributed by atoms with Crippen molar-refractivity contribution in [1.82, 2.24) is 0 Å². The number of hydrogen-bond acceptors (Lipinski definition) is 4. The lowest BCUT2D eigenvalue weighted by atomic mass is 10.1. The van der Waals surface area contributed by atoms with Crippen LogP contribution in [0.5, 0.6) is 0 Å². The van der Waals surface area contributed by atoms with Crippen molar-refractivity contribution in [3.8, 4) is 0 Å². The summed E-state index contributed by atoms with van der Waals surface area (Å²) in [6.45, 7) is 0. The predicted molar refractivity (Wildman–Crippen MR) is 103 cm³/mol. The molecule has 1 N–H and O–H groups in total. The minimum Gasteiger partial charge on any atom is -0.465 e. The van der Waals surface area contributed by atoms with Crippen molar-refractivity contribution < 1.29 is 14.3 Å². The molecule has 0 saturated heterocycles. The monoisotopic (exact) mass is 369 g/mol. The molecular formula is C21H23NO3S. The first-order chi connectivity index (χ1) is 12.7. The highest BCUT2D eigenvalue weighted by atomic mass is 32.1. The molecule has 4 rings (SSSR count). The van der Waals surface area contributed by atoms with Gasteiger partial charge in [0.25, 0.3) is 0 Å². The molecular weight excluding hydrogens is 346 g/mol. The van der Waals surface area contributed by atoms with Gasteiger partial charge in [0.1, 0.15) is 5.00 Å². The van der Waals surface area contributed by atoms with Gasteiger partial charge in [0.05, 0.1) is 12.7 Å². The van der Waals surface area contributed by atoms with E-state index in [4.69, 9.17) is 4.74 Å². The van der Waals surface area contributed by atoms with Crippen molar-refractivity contribution in [2.24, 2.45) is 5.92 Å². The van der Waals surface area contributed by atoms with E-state index in [0.717, 1.165) is 37.7 Å². The molecule has 2 aromatic rings. The highest BCUT2D eigenvalue weighted by Gasteiger charge is 2.44. The zero-order valence-electron chi connectivity index (χ0n) is 14.9. The number of thiophene rings is 1. The molecule has 1 aromatic carbocycles. The number of fused-ring (bicyclic) bond motifs is 1. The van der Waals surface area contributed by atoms with E-state index in [0.29, 0.717) is 10.6 Å². The average molecular weight is 369 g/mol. The fraction of sp³-hybridized carbons (Fsp3) is 0.429. The van der Waals surface area contributed by atoms with Crippen LogP contribution in [-0.4, -0.2) is 19.0 Å². The number of aryl methyl sites for hydroxylation is 1. The van der Waals surface area contributed by atoms with E-state index in [9.17, 15) is 9.59 Å². The smallest absolute Gasteiger partial charge is 0.341 e. The number of benzene rings is 1. The fourth-order valence-electron chi connectivity index (χ4n) is 3.91. The van der Waals surface area contributed by atoms with Crippen molar-refractivity contribution >= 4 is 28.2 Å². The number of carbonyl (C=O) groups excluding carboxylic acids is 2. The molecule has 136 valence electrons. The molecule has 1 fully saturated rings. The summed E-state index contributed by atoms with van der Waals surface area (Å²) < 4.78 is 5.01. The topological polar surface area (TPSA) is 55.4 Å². The number of amides is 1. The maximum absolute atomic E-state index is 12.7. The number of carbonyl (C=O) groups is 2. The highest BCUT2D eigenvalue weighted by Crippen LogP contribution is 2.48. The van der Waals surface area contributed by atoms with Crippen LogP contribution in [0, 0.1) is 5.92 Å². The van der Waals surface area contributed by atoms with Crippen molar-refractivity contribution in [3.05, 3.63) is 51.9 Å². The third-order valence-electron chi connectivity index (χ3n) is 5.40. The number of hydrogen-bond donors (Lipinski definition) is 1. The summed E-state index contributed by atoms with van der Waals surface area (Å²) in [5.74, 6) is -0.0455. The summed E-state index contributed by atoms with van der Waals surface area (Å²) >= 11 is 1.56. The van der Waals surface area contributed by atoms with Gasteiger partial charge in [0.15, 0.2) is 0 Å². The second-order valence-electron chi connectivity index (χ2n) is 7.11. The highest BCUT2D eigenvalue weighted by molar-refractivity contribution is 7.17. The number of anilines is 1. The Kier molecular flexibility index (Phi) is 4.81. The average Bonchev–Trinajstić information content (AvgIpc) is 3.43. The van der Waals surface area contributed by atoms with E-state index in [1.807, 2.05) is 18.2 Å². The lowest BCUT2D eigenvalue weighted by Crippen LogP contribution is -2.16. The Balaban J connectivity index is 1.55. The lowest BCUT2D eigenvalue weighted by Gasteiger charge is -2.07. The van der Waals surface area contributed by atoms with E-state index in [1.54, 1.807) is 11.3 Å². The van der Waals surface area contributed by atoms with Gasteiger partial charge >= 0.3 is 5.97 Å². The number of esters is 1. The Hall–Kier alpha value is -2.14. The summed E-state index contributed by atoms with van der Waals surface area (Å²) in [7, 11) is 1.40. The molecule has 1 amide bonds. The molecule has 26 heavy (non-hydrogen) atoms. The first kappa shape index (κ1) is 17.3. The molecule has 1 aromatic heterocycles. The Morgan fingerprint density at radius 1 is 1.12 bits per heavy atom. The van der Waals surface area contributed by atoms with Gasteiger partial charge in [-0.25, -0.2) is 4.79 Å². The van der Waals surface area contributed by atoms with Gasteiger partial charge in [-0.1, -0.05) is 36.8 Å². The Labute approximate surface area is 157 Å². The van der Waals surface area contributed by atoms with E-state index < -0.39 is 0 Å². The molecule has 0 unspecified atom stereocenters. The van der Waals surface area contributed by atoms with Gasteiger partial charge in [-0.15, -0.1) is 11.3 Å². The summed E-state index contributed by atoms with van der Waals surface area (Å²) in [5, 5.41) is 3.72. The third-order valence-corrected chi connectivity index (χ3v) is 6.61. The van der Waals surface area contributed by atoms with Gasteiger partial charge in [-0.05, 0) is 49.1 Å². The summed E-state index contributed by atoms with van der Waals surface area (Å²) in [6.07, 6.45) is 6.15. The van der Waals surface area contributed by atoms with Crippen LogP contribution in [0.3, 0.4) is 0 Å². The normalized spacial score (nSPS) is 21.4. The van der Waals surface area contributed by atoms with Crippen LogP contribution in [-0.2, 0) is 22.4 Å². The van der Waals surface area contributed by atoms with Crippen molar-refractivity contribution in [2.75, 3.05) is 12.4 Å². The molecule has 2 aliphatic carbocycles. The largest absolute Gasteiger partial charge is 0.465 e. The summed E-state index contributed by atoms with van der Waals surface area (Å²) in [6, 6.07) is 10.2. The minimum absolute atomic E-state index is 0.00944. The Bertz CT molecular complexity index is 827. The maximum atomic E-state index is 12.7. The molecule has 1 heterocycles. The van der Waals surface area contributed by atoms with Crippen LogP contribution < -0.4 is 5.32 Å². The maximum Gasteiger partial charge on any atom is 0.341 e. The molecule has 1 saturated carbocycles. The van der Waals surface area contributed by atoms with Crippen molar-refractivity contribution in [2.45, 2.75) is 44.4 Å². The first-order valence-electron chi connectivity index (χ1n) is 9.27. The number of ether oxygens (including phenoxy) is 1. The van der Waals surface area contributed by atoms with E-state index in [2.05, 4.69) is 17.4 Å². The lowest BCUT2D eigenvalue weighted by molar-refractivity contribution is -0.117. The number of methoxy groups -OCH3 is 1. The molecule has 0 aliphatic heterocycles. The van der Waals surface area contributed by atoms with Gasteiger partial charge in [0.2, 0.25) is 5.91 Å². The van der Waals surface area contributed by atoms with Crippen LogP contribution in [0.25, 0.3) is 0 Å². The predicted octanol–water partition coefficient (Wildman–Crippen LogP) is 4.55. The first-order valence-corrected chi connectivity index (χ1v) is 10.1. The molecule has 0 bridgehead atoms. The standard InChI is InChI=1S/C21H23NO3S/c1-25-21(24)18-14-10-6-3-7-11-17(14)26-20(18)22-19(23)16-12-15(16)13-8-4-2-5-9-13/h2,4-5,8-9,15-16H,3,6-7,10-12H2,1H3,(H,22,23)/t15-,16-/m1/s1. The van der Waals surface area contributed by atoms with Gasteiger partial charge < -0.3 is 10.1 Å². The van der Waals surface area contributed by atoms with Gasteiger partial charge in [-0.3, -0.25) is 4.79 Å². The zero-order chi connectivity index (χ0) is 18.1. The minimum atomic E-state index is -0.338. The van der Waals surface area contributed by atoms with Crippen LogP contribution in [0.4, 0.5) is 5.00 Å². The molecule has 0 spiro atoms. The number of rotatable bonds is 4. The van der Waals surface area contributed by atoms with Crippen molar-refractivity contribution in [3.63, 3.8) is 0 Å². The Morgan fingerprint density at radius 2 is 1.88 bits per heavy atom.